The molecule has 1 aliphatic heterocycles. The van der Waals surface area contributed by atoms with Gasteiger partial charge in [-0.05, 0) is 48.5 Å². The molecule has 35 heavy (non-hydrogen) atoms. The molecule has 1 N–H and O–H groups in total. The predicted molar refractivity (Wildman–Crippen MR) is 117 cm³/mol. The van der Waals surface area contributed by atoms with E-state index in [4.69, 9.17) is 4.74 Å². The first-order chi connectivity index (χ1) is 16.4. The number of ether oxygens (including phenoxy) is 1. The standard InChI is InChI=1S/C21H22F6N6OS/c1-3-11-12-7-32(16-6-10(2)31-35-16)8-13(12)17(11)28-19-29-18-14(34-9-20(22,23)24)4-5-15(21(25,26)27)33(18)30-19/h4-6,11-13,17H,3,7-9H2,1-2H3,(H,28,30)/t11-,12?,13-,17-/m1/s1. The van der Waals surface area contributed by atoms with Gasteiger partial charge >= 0.3 is 12.4 Å². The molecule has 14 heteroatoms. The summed E-state index contributed by atoms with van der Waals surface area (Å²) >= 11 is 1.43. The SMILES string of the molecule is CC[C@@H]1C2CN(c3cc(C)ns3)C[C@H]2[C@@H]1Nc1nc2c(OCC(F)(F)F)ccc(C(F)(F)F)n2n1. The number of pyridine rings is 1. The van der Waals surface area contributed by atoms with Gasteiger partial charge in [-0.15, -0.1) is 5.10 Å². The second-order valence-electron chi connectivity index (χ2n) is 8.94. The molecular weight excluding hydrogens is 498 g/mol. The Morgan fingerprint density at radius 3 is 2.51 bits per heavy atom. The lowest BCUT2D eigenvalue weighted by atomic mass is 9.61. The van der Waals surface area contributed by atoms with E-state index in [0.29, 0.717) is 16.5 Å². The lowest BCUT2D eigenvalue weighted by Crippen LogP contribution is -2.54. The highest BCUT2D eigenvalue weighted by Gasteiger charge is 2.54. The number of hydrogen-bond donors (Lipinski definition) is 1. The number of rotatable bonds is 6. The van der Waals surface area contributed by atoms with Crippen molar-refractivity contribution in [2.24, 2.45) is 17.8 Å². The van der Waals surface area contributed by atoms with E-state index < -0.39 is 36.1 Å². The molecule has 0 spiro atoms. The molecule has 0 radical (unpaired) electrons. The van der Waals surface area contributed by atoms with Crippen molar-refractivity contribution in [3.05, 3.63) is 29.6 Å². The molecule has 0 amide bonds. The molecule has 190 valence electrons. The van der Waals surface area contributed by atoms with E-state index in [-0.39, 0.29) is 23.8 Å². The topological polar surface area (TPSA) is 67.6 Å². The van der Waals surface area contributed by atoms with E-state index in [2.05, 4.69) is 31.6 Å². The van der Waals surface area contributed by atoms with E-state index in [1.807, 2.05) is 13.0 Å². The molecule has 3 aromatic rings. The van der Waals surface area contributed by atoms with E-state index >= 15 is 0 Å². The molecule has 4 atom stereocenters. The van der Waals surface area contributed by atoms with Gasteiger partial charge in [0.2, 0.25) is 5.95 Å². The van der Waals surface area contributed by atoms with Gasteiger partial charge in [-0.1, -0.05) is 13.3 Å². The minimum atomic E-state index is -4.78. The van der Waals surface area contributed by atoms with E-state index in [1.54, 1.807) is 0 Å². The summed E-state index contributed by atoms with van der Waals surface area (Å²) in [6, 6.07) is 3.43. The zero-order valence-electron chi connectivity index (χ0n) is 18.7. The van der Waals surface area contributed by atoms with Crippen molar-refractivity contribution in [2.45, 2.75) is 38.7 Å². The Labute approximate surface area is 200 Å². The molecule has 1 saturated carbocycles. The molecule has 1 aliphatic carbocycles. The number of nitrogens with zero attached hydrogens (tertiary/aromatic N) is 5. The Kier molecular flexibility index (Phi) is 5.76. The van der Waals surface area contributed by atoms with Crippen LogP contribution in [0.15, 0.2) is 18.2 Å². The number of anilines is 2. The summed E-state index contributed by atoms with van der Waals surface area (Å²) in [4.78, 5) is 6.37. The molecule has 7 nitrogen and oxygen atoms in total. The zero-order chi connectivity index (χ0) is 25.1. The van der Waals surface area contributed by atoms with Crippen LogP contribution in [0.1, 0.15) is 24.7 Å². The lowest BCUT2D eigenvalue weighted by molar-refractivity contribution is -0.153. The Morgan fingerprint density at radius 2 is 1.89 bits per heavy atom. The summed E-state index contributed by atoms with van der Waals surface area (Å²) in [5, 5.41) is 8.21. The van der Waals surface area contributed by atoms with Gasteiger partial charge in [-0.3, -0.25) is 0 Å². The fraction of sp³-hybridized carbons (Fsp3) is 0.571. The van der Waals surface area contributed by atoms with Gasteiger partial charge in [-0.2, -0.15) is 35.7 Å². The van der Waals surface area contributed by atoms with E-state index in [0.717, 1.165) is 36.3 Å². The van der Waals surface area contributed by atoms with Crippen molar-refractivity contribution in [1.82, 2.24) is 19.0 Å². The summed E-state index contributed by atoms with van der Waals surface area (Å²) in [5.74, 6) is 0.397. The van der Waals surface area contributed by atoms with Crippen molar-refractivity contribution in [3.63, 3.8) is 0 Å². The number of aryl methyl sites for hydroxylation is 1. The number of halogens is 6. The van der Waals surface area contributed by atoms with Crippen LogP contribution in [-0.4, -0.2) is 50.9 Å². The average molecular weight is 521 g/mol. The van der Waals surface area contributed by atoms with Gasteiger partial charge in [0.1, 0.15) is 10.7 Å². The number of fused-ring (bicyclic) bond motifs is 2. The number of aromatic nitrogens is 4. The Hall–Kier alpha value is -2.77. The maximum absolute atomic E-state index is 13.5. The molecule has 2 fully saturated rings. The van der Waals surface area contributed by atoms with Gasteiger partial charge in [-0.25, -0.2) is 4.52 Å². The first-order valence-corrected chi connectivity index (χ1v) is 11.8. The first-order valence-electron chi connectivity index (χ1n) is 11.1. The van der Waals surface area contributed by atoms with Crippen LogP contribution >= 0.6 is 11.5 Å². The smallest absolute Gasteiger partial charge is 0.433 e. The third-order valence-electron chi connectivity index (χ3n) is 6.71. The van der Waals surface area contributed by atoms with Crippen molar-refractivity contribution in [1.29, 1.82) is 0 Å². The third kappa shape index (κ3) is 4.47. The summed E-state index contributed by atoms with van der Waals surface area (Å²) < 4.78 is 88.1. The third-order valence-corrected chi connectivity index (χ3v) is 7.65. The number of nitrogens with one attached hydrogen (secondary N) is 1. The van der Waals surface area contributed by atoms with Crippen molar-refractivity contribution in [3.8, 4) is 5.75 Å². The lowest BCUT2D eigenvalue weighted by Gasteiger charge is -2.47. The fourth-order valence-electron chi connectivity index (χ4n) is 5.21. The van der Waals surface area contributed by atoms with Crippen LogP contribution in [0, 0.1) is 24.7 Å². The molecule has 0 bridgehead atoms. The first kappa shape index (κ1) is 23.9. The summed E-state index contributed by atoms with van der Waals surface area (Å²) in [7, 11) is 0. The second-order valence-corrected chi connectivity index (χ2v) is 9.72. The van der Waals surface area contributed by atoms with Crippen molar-refractivity contribution < 1.29 is 31.1 Å². The molecule has 5 rings (SSSR count). The molecule has 0 aromatic carbocycles. The summed E-state index contributed by atoms with van der Waals surface area (Å²) in [6.07, 6.45) is -8.57. The Morgan fingerprint density at radius 1 is 1.14 bits per heavy atom. The summed E-state index contributed by atoms with van der Waals surface area (Å²) in [6.45, 7) is 3.97. The van der Waals surface area contributed by atoms with Gasteiger partial charge in [0.15, 0.2) is 18.0 Å². The quantitative estimate of drug-likeness (QED) is 0.460. The highest BCUT2D eigenvalue weighted by atomic mass is 32.1. The zero-order valence-corrected chi connectivity index (χ0v) is 19.5. The predicted octanol–water partition coefficient (Wildman–Crippen LogP) is 5.03. The Bertz CT molecular complexity index is 1220. The minimum Gasteiger partial charge on any atom is -0.480 e. The maximum Gasteiger partial charge on any atom is 0.433 e. The fourth-order valence-corrected chi connectivity index (χ4v) is 5.99. The van der Waals surface area contributed by atoms with Crippen LogP contribution in [0.2, 0.25) is 0 Å². The van der Waals surface area contributed by atoms with Crippen LogP contribution in [0.3, 0.4) is 0 Å². The summed E-state index contributed by atoms with van der Waals surface area (Å²) in [5.41, 5.74) is -0.633. The van der Waals surface area contributed by atoms with Gasteiger partial charge in [0, 0.05) is 25.0 Å². The Balaban J connectivity index is 1.41. The van der Waals surface area contributed by atoms with Crippen LogP contribution in [0.25, 0.3) is 5.65 Å². The van der Waals surface area contributed by atoms with Crippen LogP contribution in [0.5, 0.6) is 5.75 Å². The molecule has 1 unspecified atom stereocenters. The molecule has 3 aromatic heterocycles. The van der Waals surface area contributed by atoms with E-state index in [9.17, 15) is 26.3 Å². The number of hydrogen-bond acceptors (Lipinski definition) is 7. The largest absolute Gasteiger partial charge is 0.480 e. The van der Waals surface area contributed by atoms with Crippen LogP contribution in [0.4, 0.5) is 37.3 Å². The number of alkyl halides is 6. The molecule has 4 heterocycles. The second kappa shape index (κ2) is 8.42. The highest BCUT2D eigenvalue weighted by Crippen LogP contribution is 2.50. The normalized spacial score (nSPS) is 24.5. The monoisotopic (exact) mass is 520 g/mol. The minimum absolute atomic E-state index is 0.0738. The van der Waals surface area contributed by atoms with Crippen LogP contribution in [-0.2, 0) is 6.18 Å². The molecule has 1 saturated heterocycles. The average Bonchev–Trinajstić information content (AvgIpc) is 3.46. The molecular formula is C21H22F6N6OS. The molecule has 2 aliphatic rings. The van der Waals surface area contributed by atoms with Crippen LogP contribution < -0.4 is 15.0 Å². The highest BCUT2D eigenvalue weighted by molar-refractivity contribution is 7.10. The van der Waals surface area contributed by atoms with Crippen molar-refractivity contribution in [2.75, 3.05) is 29.9 Å². The van der Waals surface area contributed by atoms with Gasteiger partial charge in [0.25, 0.3) is 0 Å². The van der Waals surface area contributed by atoms with Gasteiger partial charge in [0.05, 0.1) is 5.69 Å². The maximum atomic E-state index is 13.5. The van der Waals surface area contributed by atoms with Gasteiger partial charge < -0.3 is 15.0 Å². The van der Waals surface area contributed by atoms with Crippen molar-refractivity contribution >= 4 is 28.1 Å². The van der Waals surface area contributed by atoms with E-state index in [1.165, 1.54) is 11.5 Å².